The van der Waals surface area contributed by atoms with Gasteiger partial charge in [-0.3, -0.25) is 0 Å². The van der Waals surface area contributed by atoms with Gasteiger partial charge in [0.1, 0.15) is 0 Å². The van der Waals surface area contributed by atoms with Gasteiger partial charge in [-0.2, -0.15) is 0 Å². The molecule has 0 radical (unpaired) electrons. The molecule has 0 spiro atoms. The van der Waals surface area contributed by atoms with Gasteiger partial charge in [-0.1, -0.05) is 31.9 Å². The van der Waals surface area contributed by atoms with E-state index in [2.05, 4.69) is 6.92 Å². The lowest BCUT2D eigenvalue weighted by molar-refractivity contribution is -0.208. The Morgan fingerprint density at radius 3 is 2.11 bits per heavy atom. The van der Waals surface area contributed by atoms with E-state index in [-0.39, 0.29) is 42.4 Å². The lowest BCUT2D eigenvalue weighted by Gasteiger charge is -2.30. The highest BCUT2D eigenvalue weighted by atomic mass is 19.2. The van der Waals surface area contributed by atoms with E-state index in [1.807, 2.05) is 0 Å². The van der Waals surface area contributed by atoms with Gasteiger partial charge < -0.3 is 14.2 Å². The minimum absolute atomic E-state index is 0.00568. The average Bonchev–Trinajstić information content (AvgIpc) is 2.87. The van der Waals surface area contributed by atoms with Crippen LogP contribution in [0.4, 0.5) is 22.0 Å². The molecule has 2 fully saturated rings. The fourth-order valence-corrected chi connectivity index (χ4v) is 5.05. The zero-order valence-electron chi connectivity index (χ0n) is 19.8. The van der Waals surface area contributed by atoms with Crippen LogP contribution in [0, 0.1) is 40.9 Å². The minimum atomic E-state index is -1.52. The van der Waals surface area contributed by atoms with Gasteiger partial charge in [-0.05, 0) is 59.9 Å². The normalized spacial score (nSPS) is 24.7. The molecular weight excluding hydrogens is 479 g/mol. The van der Waals surface area contributed by atoms with E-state index >= 15 is 0 Å². The third-order valence-corrected chi connectivity index (χ3v) is 7.21. The number of fused-ring (bicyclic) bond motifs is 1. The summed E-state index contributed by atoms with van der Waals surface area (Å²) in [7, 11) is 0. The molecule has 1 aliphatic carbocycles. The van der Waals surface area contributed by atoms with Crippen LogP contribution in [0.5, 0.6) is 5.75 Å². The van der Waals surface area contributed by atoms with Crippen LogP contribution in [0.25, 0.3) is 10.8 Å². The highest BCUT2D eigenvalue weighted by Crippen LogP contribution is 2.38. The van der Waals surface area contributed by atoms with Crippen molar-refractivity contribution in [3.8, 4) is 5.75 Å². The lowest BCUT2D eigenvalue weighted by atomic mass is 9.79. The first-order valence-electron chi connectivity index (χ1n) is 12.2. The van der Waals surface area contributed by atoms with Gasteiger partial charge in [0.05, 0.1) is 19.8 Å². The summed E-state index contributed by atoms with van der Waals surface area (Å²) in [5.41, 5.74) is 1.19. The van der Waals surface area contributed by atoms with Crippen LogP contribution >= 0.6 is 0 Å². The summed E-state index contributed by atoms with van der Waals surface area (Å²) < 4.78 is 87.3. The van der Waals surface area contributed by atoms with Crippen molar-refractivity contribution in [2.75, 3.05) is 19.8 Å². The van der Waals surface area contributed by atoms with Gasteiger partial charge in [0.2, 0.25) is 0 Å². The lowest BCUT2D eigenvalue weighted by Crippen LogP contribution is -2.31. The predicted molar refractivity (Wildman–Crippen MR) is 124 cm³/mol. The fraction of sp³-hybridized carbons (Fsp3) is 0.429. The Morgan fingerprint density at radius 1 is 0.778 bits per heavy atom. The molecule has 8 heteroatoms. The maximum absolute atomic E-state index is 14.7. The molecule has 3 nitrogen and oxygen atoms in total. The summed E-state index contributed by atoms with van der Waals surface area (Å²) in [5.74, 6) is -5.35. The number of halogens is 5. The summed E-state index contributed by atoms with van der Waals surface area (Å²) in [4.78, 5) is 0. The Balaban J connectivity index is 1.19. The average molecular weight is 507 g/mol. The summed E-state index contributed by atoms with van der Waals surface area (Å²) in [6, 6.07) is 8.00. The van der Waals surface area contributed by atoms with Crippen LogP contribution < -0.4 is 4.74 Å². The highest BCUT2D eigenvalue weighted by molar-refractivity contribution is 5.84. The molecule has 0 unspecified atom stereocenters. The van der Waals surface area contributed by atoms with E-state index in [0.717, 1.165) is 31.7 Å². The zero-order valence-corrected chi connectivity index (χ0v) is 19.8. The second-order valence-corrected chi connectivity index (χ2v) is 9.91. The van der Waals surface area contributed by atoms with Crippen LogP contribution in [0.1, 0.15) is 55.9 Å². The zero-order chi connectivity index (χ0) is 25.4. The maximum Gasteiger partial charge on any atom is 0.195 e. The van der Waals surface area contributed by atoms with E-state index in [9.17, 15) is 22.0 Å². The first-order valence-corrected chi connectivity index (χ1v) is 12.2. The van der Waals surface area contributed by atoms with E-state index < -0.39 is 41.1 Å². The van der Waals surface area contributed by atoms with Crippen LogP contribution in [0.15, 0.2) is 36.4 Å². The van der Waals surface area contributed by atoms with Gasteiger partial charge in [-0.15, -0.1) is 0 Å². The predicted octanol–water partition coefficient (Wildman–Crippen LogP) is 7.57. The van der Waals surface area contributed by atoms with E-state index in [0.29, 0.717) is 17.0 Å². The summed E-state index contributed by atoms with van der Waals surface area (Å²) >= 11 is 0. The number of hydrogen-bond acceptors (Lipinski definition) is 3. The molecule has 1 saturated carbocycles. The van der Waals surface area contributed by atoms with E-state index in [1.165, 1.54) is 30.3 Å². The van der Waals surface area contributed by atoms with Crippen molar-refractivity contribution < 1.29 is 36.2 Å². The molecule has 0 N–H and O–H groups in total. The Bertz CT molecular complexity index is 1220. The van der Waals surface area contributed by atoms with Crippen molar-refractivity contribution in [1.82, 2.24) is 0 Å². The van der Waals surface area contributed by atoms with Crippen molar-refractivity contribution in [2.24, 2.45) is 11.8 Å². The molecule has 2 aliphatic rings. The molecule has 1 heterocycles. The van der Waals surface area contributed by atoms with Gasteiger partial charge in [-0.25, -0.2) is 22.0 Å². The van der Waals surface area contributed by atoms with Gasteiger partial charge in [0.25, 0.3) is 0 Å². The first-order chi connectivity index (χ1) is 17.3. The SMILES string of the molecule is CC1CCC(c2cc(F)c(OCC3COC(c4ccc5c(F)c(F)c(F)cc5c4)OC3)c(F)c2)CC1. The molecular formula is C28H27F5O3. The van der Waals surface area contributed by atoms with Crippen molar-refractivity contribution in [3.05, 3.63) is 76.6 Å². The van der Waals surface area contributed by atoms with Gasteiger partial charge in [0, 0.05) is 16.9 Å². The highest BCUT2D eigenvalue weighted by Gasteiger charge is 2.27. The third-order valence-electron chi connectivity index (χ3n) is 7.21. The fourth-order valence-electron chi connectivity index (χ4n) is 5.05. The van der Waals surface area contributed by atoms with E-state index in [4.69, 9.17) is 14.2 Å². The summed E-state index contributed by atoms with van der Waals surface area (Å²) in [5, 5.41) is 0.131. The Labute approximate surface area is 206 Å². The minimum Gasteiger partial charge on any atom is -0.487 e. The topological polar surface area (TPSA) is 27.7 Å². The number of ether oxygens (including phenoxy) is 3. The maximum atomic E-state index is 14.7. The number of benzene rings is 3. The van der Waals surface area contributed by atoms with Crippen molar-refractivity contribution in [2.45, 2.75) is 44.8 Å². The second-order valence-electron chi connectivity index (χ2n) is 9.91. The molecule has 36 heavy (non-hydrogen) atoms. The molecule has 192 valence electrons. The Kier molecular flexibility index (Phi) is 7.17. The summed E-state index contributed by atoms with van der Waals surface area (Å²) in [6.45, 7) is 2.57. The van der Waals surface area contributed by atoms with Crippen LogP contribution in [0.2, 0.25) is 0 Å². The summed E-state index contributed by atoms with van der Waals surface area (Å²) in [6.07, 6.45) is 3.17. The van der Waals surface area contributed by atoms with Gasteiger partial charge >= 0.3 is 0 Å². The largest absolute Gasteiger partial charge is 0.487 e. The van der Waals surface area contributed by atoms with Crippen LogP contribution in [0.3, 0.4) is 0 Å². The molecule has 3 aromatic carbocycles. The van der Waals surface area contributed by atoms with Crippen LogP contribution in [-0.2, 0) is 9.47 Å². The monoisotopic (exact) mass is 506 g/mol. The Morgan fingerprint density at radius 2 is 1.44 bits per heavy atom. The van der Waals surface area contributed by atoms with Crippen LogP contribution in [-0.4, -0.2) is 19.8 Å². The van der Waals surface area contributed by atoms with Crippen molar-refractivity contribution in [1.29, 1.82) is 0 Å². The molecule has 3 aromatic rings. The molecule has 0 bridgehead atoms. The van der Waals surface area contributed by atoms with E-state index in [1.54, 1.807) is 0 Å². The molecule has 1 aliphatic heterocycles. The molecule has 0 amide bonds. The number of hydrogen-bond donors (Lipinski definition) is 0. The smallest absolute Gasteiger partial charge is 0.195 e. The van der Waals surface area contributed by atoms with Gasteiger partial charge in [0.15, 0.2) is 41.1 Å². The quantitative estimate of drug-likeness (QED) is 0.264. The molecule has 5 rings (SSSR count). The van der Waals surface area contributed by atoms with Crippen molar-refractivity contribution in [3.63, 3.8) is 0 Å². The molecule has 0 atom stereocenters. The third kappa shape index (κ3) is 5.06. The molecule has 1 saturated heterocycles. The Hall–Kier alpha value is -2.71. The first kappa shape index (κ1) is 25.0. The number of rotatable bonds is 5. The van der Waals surface area contributed by atoms with Crippen molar-refractivity contribution >= 4 is 10.8 Å². The standard InChI is InChI=1S/C28H27F5O3/c1-15-2-4-17(5-3-15)19-9-23(30)27(24(31)10-19)34-12-16-13-35-28(36-14-16)18-6-7-21-20(8-18)11-22(29)26(33)25(21)32/h6-11,15-17,28H,2-5,12-14H2,1H3. The second kappa shape index (κ2) is 10.3. The molecule has 0 aromatic heterocycles.